The molecule has 6 nitrogen and oxygen atoms in total. The molecule has 2 N–H and O–H groups in total. The van der Waals surface area contributed by atoms with Crippen molar-refractivity contribution < 1.29 is 22.3 Å². The van der Waals surface area contributed by atoms with Crippen molar-refractivity contribution in [2.75, 3.05) is 46.3 Å². The second-order valence-corrected chi connectivity index (χ2v) is 6.95. The number of sulfonamides is 1. The number of nitrogens with zero attached hydrogens (tertiary/aromatic N) is 1. The van der Waals surface area contributed by atoms with E-state index in [2.05, 4.69) is 15.9 Å². The van der Waals surface area contributed by atoms with Crippen molar-refractivity contribution >= 4 is 31.6 Å². The highest BCUT2D eigenvalue weighted by molar-refractivity contribution is 9.10. The first-order valence-electron chi connectivity index (χ1n) is 6.07. The maximum absolute atomic E-state index is 13.4. The molecule has 1 aromatic rings. The molecule has 0 unspecified atom stereocenters. The highest BCUT2D eigenvalue weighted by Gasteiger charge is 2.27. The predicted molar refractivity (Wildman–Crippen MR) is 81.0 cm³/mol. The molecule has 0 bridgehead atoms. The average molecular weight is 385 g/mol. The zero-order valence-corrected chi connectivity index (χ0v) is 14.2. The first kappa shape index (κ1) is 18.3. The van der Waals surface area contributed by atoms with Crippen molar-refractivity contribution in [3.05, 3.63) is 22.4 Å². The maximum atomic E-state index is 13.4. The largest absolute Gasteiger partial charge is 0.396 e. The third kappa shape index (κ3) is 4.62. The first-order chi connectivity index (χ1) is 9.84. The molecule has 0 atom stereocenters. The molecule has 0 radical (unpaired) electrons. The number of nitrogens with two attached hydrogens (primary N) is 1. The molecule has 0 fully saturated rings. The molecule has 0 amide bonds. The van der Waals surface area contributed by atoms with Gasteiger partial charge in [0.15, 0.2) is 0 Å². The Balaban J connectivity index is 3.18. The summed E-state index contributed by atoms with van der Waals surface area (Å²) in [6.07, 6.45) is 0. The summed E-state index contributed by atoms with van der Waals surface area (Å²) in [4.78, 5) is -0.0893. The second-order valence-electron chi connectivity index (χ2n) is 4.19. The summed E-state index contributed by atoms with van der Waals surface area (Å²) in [6, 6.07) is 2.13. The maximum Gasteiger partial charge on any atom is 0.244 e. The van der Waals surface area contributed by atoms with Gasteiger partial charge in [-0.2, -0.15) is 4.31 Å². The van der Waals surface area contributed by atoms with Gasteiger partial charge in [0, 0.05) is 31.8 Å². The fourth-order valence-corrected chi connectivity index (χ4v) is 4.04. The molecule has 0 heterocycles. The molecule has 0 aliphatic rings. The smallest absolute Gasteiger partial charge is 0.244 e. The van der Waals surface area contributed by atoms with E-state index in [-0.39, 0.29) is 41.4 Å². The van der Waals surface area contributed by atoms with E-state index < -0.39 is 15.8 Å². The van der Waals surface area contributed by atoms with E-state index in [0.717, 1.165) is 12.1 Å². The van der Waals surface area contributed by atoms with Gasteiger partial charge in [-0.15, -0.1) is 0 Å². The Morgan fingerprint density at radius 2 is 1.76 bits per heavy atom. The van der Waals surface area contributed by atoms with Crippen LogP contribution in [0.1, 0.15) is 0 Å². The van der Waals surface area contributed by atoms with Crippen LogP contribution in [0.3, 0.4) is 0 Å². The van der Waals surface area contributed by atoms with Gasteiger partial charge in [-0.1, -0.05) is 0 Å². The topological polar surface area (TPSA) is 81.9 Å². The third-order valence-corrected chi connectivity index (χ3v) is 5.62. The van der Waals surface area contributed by atoms with Gasteiger partial charge in [-0.3, -0.25) is 0 Å². The van der Waals surface area contributed by atoms with Crippen LogP contribution in [0.15, 0.2) is 21.5 Å². The lowest BCUT2D eigenvalue weighted by Crippen LogP contribution is -2.36. The molecule has 9 heteroatoms. The Morgan fingerprint density at radius 1 is 1.24 bits per heavy atom. The van der Waals surface area contributed by atoms with Gasteiger partial charge < -0.3 is 15.2 Å². The van der Waals surface area contributed by atoms with E-state index in [0.29, 0.717) is 0 Å². The van der Waals surface area contributed by atoms with E-state index in [9.17, 15) is 12.8 Å². The van der Waals surface area contributed by atoms with Crippen molar-refractivity contribution in [1.29, 1.82) is 0 Å². The Bertz CT molecular complexity index is 575. The molecule has 0 aliphatic heterocycles. The van der Waals surface area contributed by atoms with Gasteiger partial charge in [0.25, 0.3) is 0 Å². The van der Waals surface area contributed by atoms with Gasteiger partial charge in [0.2, 0.25) is 10.0 Å². The molecule has 1 aromatic carbocycles. The minimum atomic E-state index is -3.84. The zero-order valence-electron chi connectivity index (χ0n) is 11.8. The van der Waals surface area contributed by atoms with Crippen molar-refractivity contribution in [3.63, 3.8) is 0 Å². The van der Waals surface area contributed by atoms with Gasteiger partial charge in [0.1, 0.15) is 5.82 Å². The van der Waals surface area contributed by atoms with Crippen LogP contribution in [0.5, 0.6) is 0 Å². The summed E-state index contributed by atoms with van der Waals surface area (Å²) in [5.74, 6) is -0.679. The Kier molecular flexibility index (Phi) is 7.01. The molecule has 120 valence electrons. The average Bonchev–Trinajstić information content (AvgIpc) is 2.42. The van der Waals surface area contributed by atoms with E-state index in [1.54, 1.807) is 0 Å². The molecule has 21 heavy (non-hydrogen) atoms. The lowest BCUT2D eigenvalue weighted by atomic mass is 10.3. The highest BCUT2D eigenvalue weighted by Crippen LogP contribution is 2.29. The van der Waals surface area contributed by atoms with Crippen LogP contribution in [-0.2, 0) is 19.5 Å². The van der Waals surface area contributed by atoms with E-state index in [1.165, 1.54) is 18.5 Å². The molecule has 1 rings (SSSR count). The van der Waals surface area contributed by atoms with Crippen LogP contribution in [0.4, 0.5) is 10.1 Å². The van der Waals surface area contributed by atoms with Crippen molar-refractivity contribution in [1.82, 2.24) is 4.31 Å². The van der Waals surface area contributed by atoms with Crippen LogP contribution >= 0.6 is 15.9 Å². The summed E-state index contributed by atoms with van der Waals surface area (Å²) in [5, 5.41) is 0. The summed E-state index contributed by atoms with van der Waals surface area (Å²) >= 11 is 3.06. The van der Waals surface area contributed by atoms with E-state index in [4.69, 9.17) is 15.2 Å². The van der Waals surface area contributed by atoms with Crippen LogP contribution in [0.25, 0.3) is 0 Å². The number of anilines is 1. The highest BCUT2D eigenvalue weighted by atomic mass is 79.9. The fraction of sp³-hybridized carbons (Fsp3) is 0.500. The quantitative estimate of drug-likeness (QED) is 0.686. The molecular weight excluding hydrogens is 367 g/mol. The van der Waals surface area contributed by atoms with Crippen LogP contribution in [0, 0.1) is 5.82 Å². The molecule has 0 saturated heterocycles. The minimum absolute atomic E-state index is 0.0893. The fourth-order valence-electron chi connectivity index (χ4n) is 1.62. The third-order valence-electron chi connectivity index (χ3n) is 2.76. The zero-order chi connectivity index (χ0) is 16.0. The second kappa shape index (κ2) is 8.04. The summed E-state index contributed by atoms with van der Waals surface area (Å²) in [6.45, 7) is 0.784. The molecule has 0 spiro atoms. The number of hydrogen-bond donors (Lipinski definition) is 1. The number of ether oxygens (including phenoxy) is 2. The predicted octanol–water partition coefficient (Wildman–Crippen LogP) is 1.45. The SMILES string of the molecule is COCCN(CCOC)S(=O)(=O)c1cc(N)c(F)cc1Br. The van der Waals surface area contributed by atoms with Crippen LogP contribution < -0.4 is 5.73 Å². The van der Waals surface area contributed by atoms with Gasteiger partial charge in [0.05, 0.1) is 23.8 Å². The number of hydrogen-bond acceptors (Lipinski definition) is 5. The first-order valence-corrected chi connectivity index (χ1v) is 8.30. The molecule has 0 saturated carbocycles. The normalized spacial score (nSPS) is 12.0. The monoisotopic (exact) mass is 384 g/mol. The number of nitrogen functional groups attached to an aromatic ring is 1. The Labute approximate surface area is 132 Å². The van der Waals surface area contributed by atoms with Crippen molar-refractivity contribution in [2.24, 2.45) is 0 Å². The Morgan fingerprint density at radius 3 is 2.24 bits per heavy atom. The van der Waals surface area contributed by atoms with Crippen LogP contribution in [-0.4, -0.2) is 53.2 Å². The summed E-state index contributed by atoms with van der Waals surface area (Å²) in [7, 11) is -0.878. The molecular formula is C12H18BrFN2O4S. The molecule has 0 aliphatic carbocycles. The lowest BCUT2D eigenvalue weighted by Gasteiger charge is -2.22. The lowest BCUT2D eigenvalue weighted by molar-refractivity contribution is 0.150. The van der Waals surface area contributed by atoms with Gasteiger partial charge >= 0.3 is 0 Å². The summed E-state index contributed by atoms with van der Waals surface area (Å²) in [5.41, 5.74) is 5.23. The number of halogens is 2. The Hall–Kier alpha value is -0.740. The van der Waals surface area contributed by atoms with Crippen molar-refractivity contribution in [3.8, 4) is 0 Å². The summed E-state index contributed by atoms with van der Waals surface area (Å²) < 4.78 is 49.8. The van der Waals surface area contributed by atoms with Gasteiger partial charge in [-0.25, -0.2) is 12.8 Å². The number of rotatable bonds is 8. The number of methoxy groups -OCH3 is 2. The number of benzene rings is 1. The minimum Gasteiger partial charge on any atom is -0.396 e. The van der Waals surface area contributed by atoms with Crippen molar-refractivity contribution in [2.45, 2.75) is 4.90 Å². The standard InChI is InChI=1S/C12H18BrFN2O4S/c1-19-5-3-16(4-6-20-2)21(17,18)12-8-11(15)10(14)7-9(12)13/h7-8H,3-6,15H2,1-2H3. The van der Waals surface area contributed by atoms with E-state index >= 15 is 0 Å². The van der Waals surface area contributed by atoms with Crippen LogP contribution in [0.2, 0.25) is 0 Å². The van der Waals surface area contributed by atoms with Gasteiger partial charge in [-0.05, 0) is 28.1 Å². The molecule has 0 aromatic heterocycles. The van der Waals surface area contributed by atoms with E-state index in [1.807, 2.05) is 0 Å².